The van der Waals surface area contributed by atoms with Crippen LogP contribution >= 0.6 is 0 Å². The molecule has 3 aromatic heterocycles. The molecule has 26 heteroatoms. The summed E-state index contributed by atoms with van der Waals surface area (Å²) in [5.41, 5.74) is -1.77. The summed E-state index contributed by atoms with van der Waals surface area (Å²) in [6.07, 6.45) is 0.346. The average molecular weight is 1090 g/mol. The van der Waals surface area contributed by atoms with Crippen LogP contribution in [0.5, 0.6) is 11.5 Å². The molecule has 78 heavy (non-hydrogen) atoms. The predicted molar refractivity (Wildman–Crippen MR) is 282 cm³/mol. The first-order valence-corrected chi connectivity index (χ1v) is 24.7. The summed E-state index contributed by atoms with van der Waals surface area (Å²) >= 11 is 0. The van der Waals surface area contributed by atoms with Crippen molar-refractivity contribution in [2.45, 2.75) is 131 Å². The van der Waals surface area contributed by atoms with Gasteiger partial charge >= 0.3 is 24.2 Å². The molecule has 0 radical (unpaired) electrons. The molecular formula is C52H66F2N12O12. The third kappa shape index (κ3) is 19.5. The average Bonchev–Trinajstić information content (AvgIpc) is 3.74. The van der Waals surface area contributed by atoms with Gasteiger partial charge in [-0.05, 0) is 94.2 Å². The first-order valence-electron chi connectivity index (χ1n) is 24.7. The van der Waals surface area contributed by atoms with Crippen LogP contribution in [0, 0.1) is 11.6 Å². The molecule has 24 nitrogen and oxygen atoms in total. The number of aromatic nitrogens is 5. The van der Waals surface area contributed by atoms with E-state index in [4.69, 9.17) is 28.7 Å². The van der Waals surface area contributed by atoms with Gasteiger partial charge in [-0.2, -0.15) is 5.10 Å². The number of aromatic hydroxyl groups is 1. The predicted octanol–water partition coefficient (Wildman–Crippen LogP) is 7.52. The van der Waals surface area contributed by atoms with Crippen LogP contribution in [-0.4, -0.2) is 121 Å². The van der Waals surface area contributed by atoms with Crippen molar-refractivity contribution in [3.63, 3.8) is 0 Å². The summed E-state index contributed by atoms with van der Waals surface area (Å²) in [5, 5.41) is 30.5. The Morgan fingerprint density at radius 1 is 0.795 bits per heavy atom. The monoisotopic (exact) mass is 1090 g/mol. The number of ether oxygens (including phenoxy) is 5. The number of amides is 5. The van der Waals surface area contributed by atoms with Gasteiger partial charge in [0, 0.05) is 60.9 Å². The van der Waals surface area contributed by atoms with Gasteiger partial charge in [0.25, 0.3) is 0 Å². The van der Waals surface area contributed by atoms with Gasteiger partial charge in [0.05, 0.1) is 31.5 Å². The smallest absolute Gasteiger partial charge is 0.414 e. The van der Waals surface area contributed by atoms with Crippen molar-refractivity contribution >= 4 is 70.2 Å². The van der Waals surface area contributed by atoms with Crippen molar-refractivity contribution in [1.29, 1.82) is 0 Å². The van der Waals surface area contributed by atoms with E-state index in [1.807, 2.05) is 0 Å². The molecule has 3 heterocycles. The number of nitrogens with one attached hydrogen (secondary N) is 6. The van der Waals surface area contributed by atoms with Crippen LogP contribution in [0.15, 0.2) is 65.9 Å². The fourth-order valence-corrected chi connectivity index (χ4v) is 6.90. The minimum atomic E-state index is -1.24. The number of esters is 1. The number of phenols is 1. The van der Waals surface area contributed by atoms with Gasteiger partial charge in [-0.3, -0.25) is 29.9 Å². The number of pyridine rings is 1. The van der Waals surface area contributed by atoms with E-state index in [2.05, 4.69) is 52.0 Å². The fraction of sp³-hybridized carbons (Fsp3) is 0.442. The number of para-hydroxylation sites is 1. The Bertz CT molecular complexity index is 2950. The molecule has 0 saturated heterocycles. The van der Waals surface area contributed by atoms with E-state index in [0.717, 1.165) is 12.1 Å². The molecule has 7 N–H and O–H groups in total. The molecular weight excluding hydrogens is 1020 g/mol. The highest BCUT2D eigenvalue weighted by molar-refractivity contribution is 6.01. The number of alkyl carbamates (subject to hydrolysis) is 3. The number of hydrogen-bond acceptors (Lipinski definition) is 18. The normalized spacial score (nSPS) is 12.3. The lowest BCUT2D eigenvalue weighted by atomic mass is 10.1. The highest BCUT2D eigenvalue weighted by Gasteiger charge is 2.28. The Balaban J connectivity index is 1.25. The highest BCUT2D eigenvalue weighted by Crippen LogP contribution is 2.32. The van der Waals surface area contributed by atoms with Gasteiger partial charge in [0.1, 0.15) is 57.8 Å². The summed E-state index contributed by atoms with van der Waals surface area (Å²) in [7, 11) is 0. The second kappa shape index (κ2) is 26.4. The van der Waals surface area contributed by atoms with E-state index in [0.29, 0.717) is 16.6 Å². The van der Waals surface area contributed by atoms with E-state index in [-0.39, 0.29) is 91.9 Å². The number of anilines is 3. The Hall–Kier alpha value is -8.71. The summed E-state index contributed by atoms with van der Waals surface area (Å²) in [6.45, 7) is 17.0. The number of nitrogens with zero attached hydrogens (tertiary/aromatic N) is 6. The molecule has 5 amide bonds. The number of rotatable bonds is 19. The van der Waals surface area contributed by atoms with Crippen molar-refractivity contribution in [1.82, 2.24) is 46.0 Å². The quantitative estimate of drug-likeness (QED) is 0.0138. The Kier molecular flexibility index (Phi) is 20.3. The van der Waals surface area contributed by atoms with E-state index >= 15 is 0 Å². The van der Waals surface area contributed by atoms with Crippen LogP contribution < -0.4 is 36.6 Å². The highest BCUT2D eigenvalue weighted by atomic mass is 19.1. The van der Waals surface area contributed by atoms with Crippen LogP contribution in [0.1, 0.15) is 101 Å². The van der Waals surface area contributed by atoms with Crippen LogP contribution in [0.3, 0.4) is 0 Å². The molecule has 0 aliphatic rings. The van der Waals surface area contributed by atoms with Crippen molar-refractivity contribution in [2.75, 3.05) is 30.4 Å². The molecule has 2 atom stereocenters. The first-order chi connectivity index (χ1) is 36.5. The van der Waals surface area contributed by atoms with Gasteiger partial charge < -0.3 is 50.1 Å². The summed E-state index contributed by atoms with van der Waals surface area (Å²) in [5.74, 6) is -4.05. The van der Waals surface area contributed by atoms with E-state index in [9.17, 15) is 42.7 Å². The molecule has 0 aliphatic carbocycles. The second-order valence-electron chi connectivity index (χ2n) is 20.5. The van der Waals surface area contributed by atoms with Gasteiger partial charge in [-0.15, -0.1) is 0 Å². The van der Waals surface area contributed by atoms with Gasteiger partial charge in [-0.1, -0.05) is 18.2 Å². The van der Waals surface area contributed by atoms with E-state index < -0.39 is 76.4 Å². The van der Waals surface area contributed by atoms with Crippen molar-refractivity contribution in [3.05, 3.63) is 78.1 Å². The Morgan fingerprint density at radius 3 is 2.05 bits per heavy atom. The second-order valence-corrected chi connectivity index (χ2v) is 20.5. The van der Waals surface area contributed by atoms with Gasteiger partial charge in [-0.25, -0.2) is 42.9 Å². The molecule has 0 aliphatic heterocycles. The fourth-order valence-electron chi connectivity index (χ4n) is 6.90. The molecule has 5 rings (SSSR count). The zero-order chi connectivity index (χ0) is 57.5. The molecule has 0 bridgehead atoms. The van der Waals surface area contributed by atoms with Crippen LogP contribution in [-0.2, 0) is 39.9 Å². The molecule has 420 valence electrons. The third-order valence-corrected chi connectivity index (χ3v) is 10.1. The maximum Gasteiger partial charge on any atom is 0.414 e. The summed E-state index contributed by atoms with van der Waals surface area (Å²) in [6, 6.07) is 9.29. The summed E-state index contributed by atoms with van der Waals surface area (Å²) < 4.78 is 58.6. The number of benzene rings is 2. The number of guanidine groups is 1. The number of halogens is 2. The minimum absolute atomic E-state index is 0.0348. The minimum Gasteiger partial charge on any atom is -0.508 e. The van der Waals surface area contributed by atoms with Gasteiger partial charge in [0.15, 0.2) is 17.4 Å². The first kappa shape index (κ1) is 60.2. The number of aliphatic imine (C=N–C) groups is 1. The Labute approximate surface area is 448 Å². The lowest BCUT2D eigenvalue weighted by Crippen LogP contribution is -2.52. The van der Waals surface area contributed by atoms with Crippen LogP contribution in [0.2, 0.25) is 0 Å². The van der Waals surface area contributed by atoms with Crippen molar-refractivity contribution in [3.8, 4) is 23.0 Å². The van der Waals surface area contributed by atoms with Crippen LogP contribution in [0.25, 0.3) is 22.4 Å². The maximum atomic E-state index is 14.9. The Morgan fingerprint density at radius 2 is 1.42 bits per heavy atom. The zero-order valence-corrected chi connectivity index (χ0v) is 45.3. The van der Waals surface area contributed by atoms with Crippen molar-refractivity contribution in [2.24, 2.45) is 4.99 Å². The standard InChI is InChI=1S/C52H66F2N12O12/c1-29(58-44(69)37(61-47(71)76-50(3,4)5)17-14-20-56-46(63-48(72)77-51(6,7)8)64-49(73)78-52(9,10)11)45(70)75-23-15-22-74-39-27-57-43(62-42(39)60-31-19-21-55-40(24-31)59-30(2)67)41-33-16-12-13-18-38(33)66(65-41)28-34-35(53)25-32(68)26-36(34)54/h12-13,16,18-19,21,24-27,29,37,68H,14-15,17,20,22-23,28H2,1-11H3,(H,58,69)(H,61,71)(H2,56,63,64,72,73)(H2,55,57,59,60,62,67)/t29-,37-/m0/s1. The van der Waals surface area contributed by atoms with Crippen molar-refractivity contribution < 1.29 is 66.3 Å². The number of carbonyl (C=O) groups excluding carboxylic acids is 6. The number of hydrogen-bond donors (Lipinski definition) is 7. The molecule has 0 unspecified atom stereocenters. The molecule has 0 fully saturated rings. The maximum absolute atomic E-state index is 14.9. The largest absolute Gasteiger partial charge is 0.508 e. The number of carbonyl (C=O) groups is 6. The summed E-state index contributed by atoms with van der Waals surface area (Å²) in [4.78, 5) is 94.2. The van der Waals surface area contributed by atoms with Crippen LogP contribution in [0.4, 0.5) is 40.5 Å². The number of fused-ring (bicyclic) bond motifs is 1. The lowest BCUT2D eigenvalue weighted by Gasteiger charge is -2.24. The number of phenolic OH excluding ortho intramolecular Hbond substituents is 1. The van der Waals surface area contributed by atoms with E-state index in [1.54, 1.807) is 98.7 Å². The lowest BCUT2D eigenvalue weighted by molar-refractivity contribution is -0.147. The van der Waals surface area contributed by atoms with Gasteiger partial charge in [0.2, 0.25) is 17.8 Å². The molecule has 0 spiro atoms. The molecule has 5 aromatic rings. The third-order valence-electron chi connectivity index (χ3n) is 10.1. The molecule has 2 aromatic carbocycles. The SMILES string of the molecule is CC(=O)Nc1cc(Nc2nc(-c3nn(Cc4c(F)cc(O)cc4F)c4ccccc34)ncc2OCCCOC(=O)[C@H](C)NC(=O)[C@H](CCCN=C(NC(=O)OC(C)(C)C)NC(=O)OC(C)(C)C)NC(=O)OC(C)(C)C)ccn1. The zero-order valence-electron chi connectivity index (χ0n) is 45.3. The molecule has 0 saturated carbocycles. The topological polar surface area (TPSA) is 310 Å². The van der Waals surface area contributed by atoms with E-state index in [1.165, 1.54) is 30.9 Å².